The number of benzene rings is 10. The van der Waals surface area contributed by atoms with Crippen LogP contribution in [0.4, 0.5) is 35.9 Å². The molecule has 0 saturated heterocycles. The zero-order valence-electron chi connectivity index (χ0n) is 44.3. The molecular formula is C71H32F3N11. The van der Waals surface area contributed by atoms with Gasteiger partial charge in [0.25, 0.3) is 0 Å². The maximum absolute atomic E-state index is 14.5. The van der Waals surface area contributed by atoms with Gasteiger partial charge in [0.2, 0.25) is 0 Å². The van der Waals surface area contributed by atoms with Crippen molar-refractivity contribution in [3.63, 3.8) is 0 Å². The number of nitrogens with zero attached hydrogens (tertiary/aromatic N) is 11. The van der Waals surface area contributed by atoms with E-state index in [0.29, 0.717) is 99.2 Å². The zero-order valence-corrected chi connectivity index (χ0v) is 44.3. The summed E-state index contributed by atoms with van der Waals surface area (Å²) >= 11 is 0. The molecule has 10 aromatic carbocycles. The predicted octanol–water partition coefficient (Wildman–Crippen LogP) is 19.1. The summed E-state index contributed by atoms with van der Waals surface area (Å²) in [5, 5.41) is 55.2. The van der Waals surface area contributed by atoms with Gasteiger partial charge in [-0.25, -0.2) is 19.4 Å². The highest BCUT2D eigenvalue weighted by Gasteiger charge is 2.31. The summed E-state index contributed by atoms with van der Waals surface area (Å²) in [5.74, 6) is 0. The third-order valence-electron chi connectivity index (χ3n) is 15.1. The minimum atomic E-state index is -4.67. The van der Waals surface area contributed by atoms with Crippen molar-refractivity contribution in [3.8, 4) is 97.4 Å². The summed E-state index contributed by atoms with van der Waals surface area (Å²) in [6.45, 7) is 33.0. The fourth-order valence-corrected chi connectivity index (χ4v) is 11.3. The largest absolute Gasteiger partial charge is 0.416 e. The Bertz CT molecular complexity index is 4690. The van der Waals surface area contributed by atoms with Crippen LogP contribution in [0.1, 0.15) is 38.9 Å². The second kappa shape index (κ2) is 20.6. The van der Waals surface area contributed by atoms with Gasteiger partial charge >= 0.3 is 6.18 Å². The molecule has 0 radical (unpaired) electrons. The van der Waals surface area contributed by atoms with E-state index in [1.165, 1.54) is 30.3 Å². The molecule has 2 aromatic heterocycles. The van der Waals surface area contributed by atoms with E-state index < -0.39 is 11.7 Å². The van der Waals surface area contributed by atoms with Crippen molar-refractivity contribution in [1.29, 1.82) is 26.3 Å². The van der Waals surface area contributed by atoms with Crippen LogP contribution in [0.3, 0.4) is 0 Å². The molecule has 0 saturated carbocycles. The first-order chi connectivity index (χ1) is 41.2. The Morgan fingerprint density at radius 3 is 0.929 bits per heavy atom. The lowest BCUT2D eigenvalue weighted by molar-refractivity contribution is -0.137. The minimum Gasteiger partial charge on any atom is -0.308 e. The lowest BCUT2D eigenvalue weighted by atomic mass is 9.95. The first kappa shape index (κ1) is 52.7. The highest BCUT2D eigenvalue weighted by atomic mass is 19.4. The van der Waals surface area contributed by atoms with Gasteiger partial charge in [-0.05, 0) is 189 Å². The molecule has 0 aliphatic carbocycles. The third kappa shape index (κ3) is 9.17. The topological polar surface area (TPSA) is 146 Å². The van der Waals surface area contributed by atoms with Gasteiger partial charge in [-0.1, -0.05) is 54.6 Å². The number of hydrogen-bond donors (Lipinski definition) is 0. The van der Waals surface area contributed by atoms with Crippen LogP contribution in [0, 0.1) is 89.9 Å². The Morgan fingerprint density at radius 1 is 0.353 bits per heavy atom. The van der Waals surface area contributed by atoms with Crippen LogP contribution in [0.25, 0.3) is 130 Å². The Hall–Kier alpha value is -13.0. The zero-order chi connectivity index (χ0) is 59.4. The average molecular weight is 1100 g/mol. The summed E-state index contributed by atoms with van der Waals surface area (Å²) < 4.78 is 47.3. The number of rotatable bonds is 7. The molecule has 0 amide bonds. The van der Waals surface area contributed by atoms with E-state index in [9.17, 15) is 39.5 Å². The molecule has 0 atom stereocenters. The molecule has 0 aliphatic rings. The van der Waals surface area contributed by atoms with Gasteiger partial charge in [0.05, 0.1) is 89.6 Å². The smallest absolute Gasteiger partial charge is 0.308 e. The maximum Gasteiger partial charge on any atom is 0.416 e. The van der Waals surface area contributed by atoms with Crippen molar-refractivity contribution in [1.82, 2.24) is 9.13 Å². The van der Waals surface area contributed by atoms with Crippen molar-refractivity contribution in [2.75, 3.05) is 0 Å². The monoisotopic (exact) mass is 1100 g/mol. The predicted molar refractivity (Wildman–Crippen MR) is 321 cm³/mol. The van der Waals surface area contributed by atoms with Gasteiger partial charge < -0.3 is 9.13 Å². The van der Waals surface area contributed by atoms with Gasteiger partial charge in [0.1, 0.15) is 11.6 Å². The van der Waals surface area contributed by atoms with Crippen molar-refractivity contribution in [2.45, 2.75) is 13.1 Å². The molecule has 2 heterocycles. The summed E-state index contributed by atoms with van der Waals surface area (Å²) in [6, 6.07) is 60.2. The van der Waals surface area contributed by atoms with E-state index in [2.05, 4.69) is 49.7 Å². The molecule has 0 aliphatic heterocycles. The second-order valence-electron chi connectivity index (χ2n) is 20.1. The number of halogens is 3. The minimum absolute atomic E-state index is 0.101. The van der Waals surface area contributed by atoms with Crippen LogP contribution in [-0.2, 0) is 6.18 Å². The lowest BCUT2D eigenvalue weighted by Gasteiger charge is -2.20. The van der Waals surface area contributed by atoms with Crippen LogP contribution >= 0.6 is 0 Å². The molecule has 0 N–H and O–H groups in total. The molecule has 392 valence electrons. The first-order valence-corrected chi connectivity index (χ1v) is 25.8. The summed E-state index contributed by atoms with van der Waals surface area (Å²) in [5.41, 5.74) is 9.81. The maximum atomic E-state index is 14.5. The van der Waals surface area contributed by atoms with E-state index >= 15 is 0 Å². The Balaban J connectivity index is 1.26. The van der Waals surface area contributed by atoms with E-state index in [0.717, 1.165) is 12.1 Å². The van der Waals surface area contributed by atoms with Gasteiger partial charge in [-0.2, -0.15) is 39.5 Å². The van der Waals surface area contributed by atoms with Crippen LogP contribution in [0.2, 0.25) is 0 Å². The quantitative estimate of drug-likeness (QED) is 0.146. The van der Waals surface area contributed by atoms with Gasteiger partial charge in [0.15, 0.2) is 22.7 Å². The average Bonchev–Trinajstić information content (AvgIpc) is 1.73. The number of alkyl halides is 3. The van der Waals surface area contributed by atoms with E-state index in [1.807, 2.05) is 81.9 Å². The lowest BCUT2D eigenvalue weighted by Crippen LogP contribution is -2.07. The van der Waals surface area contributed by atoms with Crippen molar-refractivity contribution in [2.24, 2.45) is 0 Å². The molecular weight excluding hydrogens is 1060 g/mol. The van der Waals surface area contributed by atoms with Crippen molar-refractivity contribution >= 4 is 66.4 Å². The standard InChI is InChI=1S/C71H32F3N11/c1-40-16-54(71(72,73)74)10-15-59(40)53-33-69(84-65-29-45(49-17-41(35-75)21-55(25-49)80-2)6-11-60(65)61-12-7-46(30-66(61)84)50-18-42(36-76)22-56(26-50)81-3)64(39-79)70(34-53)85-67-31-47(51-19-43(37-77)23-57(27-51)82-4)8-13-62(67)63-14-9-48(32-68(63)85)52-20-44(38-78)24-58(28-52)83-5/h6-34H,1H3. The van der Waals surface area contributed by atoms with Crippen LogP contribution in [0.5, 0.6) is 0 Å². The SMILES string of the molecule is [C-]#[N+]c1cc(C#N)cc(-c2ccc3c4ccc(-c5cc(C#N)cc([N+]#[C-])c5)cc4n(-c4cc(-c5ccc(C(F)(F)F)cc5C)cc(-n5c6cc(-c7cc(C#N)cc([N+]#[C-])c7)ccc6c6ccc(-c7cc(C#N)cc([N+]#[C-])c7)cc65)c4C#N)c3c2)c1. The second-order valence-corrected chi connectivity index (χ2v) is 20.1. The van der Waals surface area contributed by atoms with E-state index in [4.69, 9.17) is 26.3 Å². The number of hydrogen-bond acceptors (Lipinski definition) is 5. The first-order valence-electron chi connectivity index (χ1n) is 25.8. The molecule has 12 aromatic rings. The fraction of sp³-hybridized carbons (Fsp3) is 0.0282. The number of aromatic nitrogens is 2. The molecule has 0 spiro atoms. The number of aryl methyl sites for hydroxylation is 1. The molecule has 0 bridgehead atoms. The van der Waals surface area contributed by atoms with E-state index in [1.54, 1.807) is 67.6 Å². The summed E-state index contributed by atoms with van der Waals surface area (Å²) in [4.78, 5) is 14.5. The summed E-state index contributed by atoms with van der Waals surface area (Å²) in [7, 11) is 0. The molecule has 85 heavy (non-hydrogen) atoms. The third-order valence-corrected chi connectivity index (χ3v) is 15.1. The highest BCUT2D eigenvalue weighted by molar-refractivity contribution is 6.13. The van der Waals surface area contributed by atoms with Crippen LogP contribution < -0.4 is 0 Å². The molecule has 11 nitrogen and oxygen atoms in total. The Morgan fingerprint density at radius 2 is 0.671 bits per heavy atom. The van der Waals surface area contributed by atoms with Crippen molar-refractivity contribution in [3.05, 3.63) is 261 Å². The highest BCUT2D eigenvalue weighted by Crippen LogP contribution is 2.45. The molecule has 14 heteroatoms. The Labute approximate surface area is 483 Å². The van der Waals surface area contributed by atoms with Gasteiger partial charge in [-0.3, -0.25) is 0 Å². The number of nitriles is 5. The summed E-state index contributed by atoms with van der Waals surface area (Å²) in [6.07, 6.45) is -4.67. The number of fused-ring (bicyclic) bond motifs is 6. The fourth-order valence-electron chi connectivity index (χ4n) is 11.3. The van der Waals surface area contributed by atoms with Crippen molar-refractivity contribution < 1.29 is 13.2 Å². The van der Waals surface area contributed by atoms with E-state index in [-0.39, 0.29) is 67.5 Å². The normalized spacial score (nSPS) is 11.0. The van der Waals surface area contributed by atoms with Gasteiger partial charge in [-0.15, -0.1) is 0 Å². The van der Waals surface area contributed by atoms with Crippen LogP contribution in [-0.4, -0.2) is 9.13 Å². The molecule has 12 rings (SSSR count). The van der Waals surface area contributed by atoms with Gasteiger partial charge in [0, 0.05) is 43.8 Å². The Kier molecular flexibility index (Phi) is 12.8. The molecule has 0 fully saturated rings. The van der Waals surface area contributed by atoms with Crippen LogP contribution in [0.15, 0.2) is 176 Å². The molecule has 0 unspecified atom stereocenters.